The molecule has 25 heavy (non-hydrogen) atoms. The van der Waals surface area contributed by atoms with Gasteiger partial charge in [-0.1, -0.05) is 36.8 Å². The maximum atomic E-state index is 12.9. The minimum atomic E-state index is -0.0309. The van der Waals surface area contributed by atoms with E-state index < -0.39 is 0 Å². The van der Waals surface area contributed by atoms with Crippen LogP contribution in [0.25, 0.3) is 0 Å². The zero-order chi connectivity index (χ0) is 17.2. The molecule has 0 radical (unpaired) electrons. The summed E-state index contributed by atoms with van der Waals surface area (Å²) in [7, 11) is 0. The Labute approximate surface area is 147 Å². The Hall–Kier alpha value is -2.56. The average molecular weight is 337 g/mol. The van der Waals surface area contributed by atoms with Crippen LogP contribution in [0, 0.1) is 5.92 Å². The summed E-state index contributed by atoms with van der Waals surface area (Å²) in [6, 6.07) is 13.8. The van der Waals surface area contributed by atoms with Gasteiger partial charge in [0.2, 0.25) is 5.91 Å². The van der Waals surface area contributed by atoms with Crippen molar-refractivity contribution in [3.63, 3.8) is 0 Å². The summed E-state index contributed by atoms with van der Waals surface area (Å²) < 4.78 is 1.99. The van der Waals surface area contributed by atoms with E-state index in [0.29, 0.717) is 19.6 Å². The molecule has 1 atom stereocenters. The van der Waals surface area contributed by atoms with Crippen molar-refractivity contribution in [2.75, 3.05) is 6.54 Å². The van der Waals surface area contributed by atoms with Gasteiger partial charge < -0.3 is 14.8 Å². The Morgan fingerprint density at radius 2 is 1.92 bits per heavy atom. The lowest BCUT2D eigenvalue weighted by Crippen LogP contribution is -2.53. The smallest absolute Gasteiger partial charge is 0.271 e. The number of amides is 2. The standard InChI is InChI=1S/C20H23N3O2/c24-19(16-8-4-9-16)21-12-17-14-22-11-5-10-18(22)20(25)23(17)13-15-6-2-1-3-7-15/h1-3,5-7,10-11,16-17H,4,8-9,12-14H2,(H,21,24). The summed E-state index contributed by atoms with van der Waals surface area (Å²) in [6.07, 6.45) is 5.07. The van der Waals surface area contributed by atoms with E-state index in [1.807, 2.05) is 58.1 Å². The number of aromatic nitrogens is 1. The molecule has 4 rings (SSSR count). The first-order chi connectivity index (χ1) is 12.2. The highest BCUT2D eigenvalue weighted by atomic mass is 16.2. The lowest BCUT2D eigenvalue weighted by Gasteiger charge is -2.37. The van der Waals surface area contributed by atoms with Crippen LogP contribution in [0.2, 0.25) is 0 Å². The zero-order valence-electron chi connectivity index (χ0n) is 14.2. The van der Waals surface area contributed by atoms with Crippen LogP contribution in [0.1, 0.15) is 35.3 Å². The highest BCUT2D eigenvalue weighted by Crippen LogP contribution is 2.26. The van der Waals surface area contributed by atoms with Crippen LogP contribution in [0.3, 0.4) is 0 Å². The van der Waals surface area contributed by atoms with Gasteiger partial charge in [-0.15, -0.1) is 0 Å². The summed E-state index contributed by atoms with van der Waals surface area (Å²) in [5, 5.41) is 3.07. The van der Waals surface area contributed by atoms with E-state index in [1.54, 1.807) is 0 Å². The number of benzene rings is 1. The van der Waals surface area contributed by atoms with Crippen LogP contribution in [0.5, 0.6) is 0 Å². The van der Waals surface area contributed by atoms with Gasteiger partial charge in [-0.3, -0.25) is 9.59 Å². The molecular weight excluding hydrogens is 314 g/mol. The number of hydrogen-bond acceptors (Lipinski definition) is 2. The molecule has 2 amide bonds. The van der Waals surface area contributed by atoms with Gasteiger partial charge >= 0.3 is 0 Å². The molecule has 2 heterocycles. The number of carbonyl (C=O) groups excluding carboxylic acids is 2. The minimum absolute atomic E-state index is 0.0306. The third kappa shape index (κ3) is 3.18. The summed E-state index contributed by atoms with van der Waals surface area (Å²) in [5.74, 6) is 0.337. The first-order valence-corrected chi connectivity index (χ1v) is 9.00. The first kappa shape index (κ1) is 15.9. The summed E-state index contributed by atoms with van der Waals surface area (Å²) in [5.41, 5.74) is 1.82. The second kappa shape index (κ2) is 6.75. The topological polar surface area (TPSA) is 54.3 Å². The molecule has 1 aromatic carbocycles. The molecule has 130 valence electrons. The van der Waals surface area contributed by atoms with Gasteiger partial charge in [0.1, 0.15) is 5.69 Å². The fourth-order valence-electron chi connectivity index (χ4n) is 3.59. The van der Waals surface area contributed by atoms with E-state index in [2.05, 4.69) is 5.32 Å². The van der Waals surface area contributed by atoms with Gasteiger partial charge in [-0.05, 0) is 30.5 Å². The van der Waals surface area contributed by atoms with Crippen LogP contribution in [-0.4, -0.2) is 33.9 Å². The van der Waals surface area contributed by atoms with E-state index >= 15 is 0 Å². The molecule has 1 aliphatic carbocycles. The van der Waals surface area contributed by atoms with Crippen molar-refractivity contribution >= 4 is 11.8 Å². The van der Waals surface area contributed by atoms with Gasteiger partial charge in [-0.25, -0.2) is 0 Å². The van der Waals surface area contributed by atoms with Crippen LogP contribution >= 0.6 is 0 Å². The molecule has 0 bridgehead atoms. The molecule has 1 N–H and O–H groups in total. The molecule has 1 aliphatic heterocycles. The lowest BCUT2D eigenvalue weighted by atomic mass is 9.85. The number of carbonyl (C=O) groups is 2. The number of hydrogen-bond donors (Lipinski definition) is 1. The van der Waals surface area contributed by atoms with Crippen LogP contribution in [-0.2, 0) is 17.9 Å². The van der Waals surface area contributed by atoms with Gasteiger partial charge in [0.25, 0.3) is 5.91 Å². The van der Waals surface area contributed by atoms with Gasteiger partial charge in [0.15, 0.2) is 0 Å². The second-order valence-electron chi connectivity index (χ2n) is 6.99. The van der Waals surface area contributed by atoms with Crippen molar-refractivity contribution in [2.24, 2.45) is 5.92 Å². The Bertz CT molecular complexity index is 764. The highest BCUT2D eigenvalue weighted by Gasteiger charge is 2.33. The van der Waals surface area contributed by atoms with E-state index in [-0.39, 0.29) is 23.8 Å². The number of nitrogens with zero attached hydrogens (tertiary/aromatic N) is 2. The largest absolute Gasteiger partial charge is 0.354 e. The Kier molecular flexibility index (Phi) is 4.30. The van der Waals surface area contributed by atoms with E-state index in [0.717, 1.165) is 30.5 Å². The predicted molar refractivity (Wildman–Crippen MR) is 94.9 cm³/mol. The van der Waals surface area contributed by atoms with Crippen LogP contribution in [0.15, 0.2) is 48.7 Å². The highest BCUT2D eigenvalue weighted by molar-refractivity contribution is 5.93. The molecule has 0 saturated heterocycles. The van der Waals surface area contributed by atoms with Gasteiger partial charge in [0, 0.05) is 31.7 Å². The molecule has 5 heteroatoms. The molecule has 5 nitrogen and oxygen atoms in total. The molecule has 1 aromatic heterocycles. The monoisotopic (exact) mass is 337 g/mol. The summed E-state index contributed by atoms with van der Waals surface area (Å²) >= 11 is 0. The SMILES string of the molecule is O=C(NCC1Cn2cccc2C(=O)N1Cc1ccccc1)C1CCC1. The van der Waals surface area contributed by atoms with Gasteiger partial charge in [-0.2, -0.15) is 0 Å². The Morgan fingerprint density at radius 1 is 1.12 bits per heavy atom. The van der Waals surface area contributed by atoms with Crippen molar-refractivity contribution < 1.29 is 9.59 Å². The quantitative estimate of drug-likeness (QED) is 0.911. The number of nitrogens with one attached hydrogen (secondary N) is 1. The summed E-state index contributed by atoms with van der Waals surface area (Å²) in [4.78, 5) is 27.0. The van der Waals surface area contributed by atoms with Crippen molar-refractivity contribution in [2.45, 2.75) is 38.4 Å². The summed E-state index contributed by atoms with van der Waals surface area (Å²) in [6.45, 7) is 1.78. The Balaban J connectivity index is 1.51. The molecule has 1 fully saturated rings. The van der Waals surface area contributed by atoms with Crippen LogP contribution in [0.4, 0.5) is 0 Å². The van der Waals surface area contributed by atoms with Gasteiger partial charge in [0.05, 0.1) is 6.04 Å². The fraction of sp³-hybridized carbons (Fsp3) is 0.400. The van der Waals surface area contributed by atoms with E-state index in [4.69, 9.17) is 0 Å². The normalized spacial score (nSPS) is 20.1. The predicted octanol–water partition coefficient (Wildman–Crippen LogP) is 2.43. The third-order valence-corrected chi connectivity index (χ3v) is 5.34. The lowest BCUT2D eigenvalue weighted by molar-refractivity contribution is -0.127. The zero-order valence-corrected chi connectivity index (χ0v) is 14.2. The Morgan fingerprint density at radius 3 is 2.64 bits per heavy atom. The van der Waals surface area contributed by atoms with Crippen molar-refractivity contribution in [1.29, 1.82) is 0 Å². The number of rotatable bonds is 5. The van der Waals surface area contributed by atoms with Crippen LogP contribution < -0.4 is 5.32 Å². The van der Waals surface area contributed by atoms with Crippen molar-refractivity contribution in [3.05, 3.63) is 59.9 Å². The number of fused-ring (bicyclic) bond motifs is 1. The van der Waals surface area contributed by atoms with E-state index in [9.17, 15) is 9.59 Å². The average Bonchev–Trinajstić information content (AvgIpc) is 3.04. The molecule has 0 spiro atoms. The molecule has 2 aromatic rings. The second-order valence-corrected chi connectivity index (χ2v) is 6.99. The fourth-order valence-corrected chi connectivity index (χ4v) is 3.59. The molecule has 1 unspecified atom stereocenters. The maximum absolute atomic E-state index is 12.9. The molecular formula is C20H23N3O2. The maximum Gasteiger partial charge on any atom is 0.271 e. The molecule has 2 aliphatic rings. The first-order valence-electron chi connectivity index (χ1n) is 9.00. The minimum Gasteiger partial charge on any atom is -0.354 e. The van der Waals surface area contributed by atoms with Crippen molar-refractivity contribution in [1.82, 2.24) is 14.8 Å². The van der Waals surface area contributed by atoms with Crippen molar-refractivity contribution in [3.8, 4) is 0 Å². The molecule has 1 saturated carbocycles. The third-order valence-electron chi connectivity index (χ3n) is 5.34. The van der Waals surface area contributed by atoms with E-state index in [1.165, 1.54) is 0 Å².